The van der Waals surface area contributed by atoms with E-state index < -0.39 is 10.0 Å². The first-order chi connectivity index (χ1) is 12.5. The number of nitrogens with zero attached hydrogens (tertiary/aromatic N) is 1. The van der Waals surface area contributed by atoms with Crippen LogP contribution in [0.3, 0.4) is 0 Å². The van der Waals surface area contributed by atoms with Gasteiger partial charge in [-0.15, -0.1) is 0 Å². The van der Waals surface area contributed by atoms with Crippen molar-refractivity contribution < 1.29 is 13.2 Å². The summed E-state index contributed by atoms with van der Waals surface area (Å²) >= 11 is 0. The molecule has 0 amide bonds. The molecule has 2 aromatic carbocycles. The zero-order valence-electron chi connectivity index (χ0n) is 14.5. The van der Waals surface area contributed by atoms with Crippen molar-refractivity contribution in [1.82, 2.24) is 4.98 Å². The molecule has 1 aliphatic rings. The maximum atomic E-state index is 12.8. The van der Waals surface area contributed by atoms with Crippen molar-refractivity contribution in [2.24, 2.45) is 0 Å². The van der Waals surface area contributed by atoms with Crippen LogP contribution in [0.4, 0.5) is 11.4 Å². The molecule has 0 unspecified atom stereocenters. The SMILES string of the molecule is COCCNc1ccc2c(c1)-c1cc(C)c3cccnc3c1NS2(=O)=O. The first kappa shape index (κ1) is 16.8. The Morgan fingerprint density at radius 1 is 1.19 bits per heavy atom. The Labute approximate surface area is 152 Å². The lowest BCUT2D eigenvalue weighted by Crippen LogP contribution is -2.20. The smallest absolute Gasteiger partial charge is 0.262 e. The molecule has 26 heavy (non-hydrogen) atoms. The van der Waals surface area contributed by atoms with Crippen molar-refractivity contribution in [3.8, 4) is 11.1 Å². The number of rotatable bonds is 4. The Morgan fingerprint density at radius 2 is 2.04 bits per heavy atom. The number of hydrogen-bond donors (Lipinski definition) is 2. The number of pyridine rings is 1. The average molecular weight is 369 g/mol. The Balaban J connectivity index is 1.94. The Hall–Kier alpha value is -2.64. The van der Waals surface area contributed by atoms with E-state index in [0.29, 0.717) is 29.9 Å². The lowest BCUT2D eigenvalue weighted by atomic mass is 9.97. The van der Waals surface area contributed by atoms with Gasteiger partial charge in [-0.25, -0.2) is 8.42 Å². The zero-order valence-corrected chi connectivity index (χ0v) is 15.4. The summed E-state index contributed by atoms with van der Waals surface area (Å²) in [5.41, 5.74) is 4.62. The van der Waals surface area contributed by atoms with Gasteiger partial charge in [0.25, 0.3) is 10.0 Å². The summed E-state index contributed by atoms with van der Waals surface area (Å²) in [5.74, 6) is 0. The van der Waals surface area contributed by atoms with Crippen molar-refractivity contribution in [3.05, 3.63) is 48.2 Å². The molecule has 0 bridgehead atoms. The lowest BCUT2D eigenvalue weighted by molar-refractivity contribution is 0.211. The fourth-order valence-electron chi connectivity index (χ4n) is 3.30. The molecule has 3 aromatic rings. The number of aryl methyl sites for hydroxylation is 1. The van der Waals surface area contributed by atoms with E-state index in [2.05, 4.69) is 15.0 Å². The van der Waals surface area contributed by atoms with Crippen LogP contribution < -0.4 is 10.0 Å². The highest BCUT2D eigenvalue weighted by molar-refractivity contribution is 7.93. The van der Waals surface area contributed by atoms with Crippen molar-refractivity contribution >= 4 is 32.3 Å². The van der Waals surface area contributed by atoms with Crippen molar-refractivity contribution in [2.45, 2.75) is 11.8 Å². The van der Waals surface area contributed by atoms with Crippen LogP contribution in [-0.4, -0.2) is 33.7 Å². The summed E-state index contributed by atoms with van der Waals surface area (Å²) < 4.78 is 33.3. The van der Waals surface area contributed by atoms with Gasteiger partial charge in [-0.2, -0.15) is 0 Å². The number of ether oxygens (including phenoxy) is 1. The quantitative estimate of drug-likeness (QED) is 0.689. The summed E-state index contributed by atoms with van der Waals surface area (Å²) in [5, 5.41) is 4.19. The summed E-state index contributed by atoms with van der Waals surface area (Å²) in [6.07, 6.45) is 1.68. The third-order valence-electron chi connectivity index (χ3n) is 4.53. The Morgan fingerprint density at radius 3 is 2.85 bits per heavy atom. The second-order valence-corrected chi connectivity index (χ2v) is 7.90. The highest BCUT2D eigenvalue weighted by Crippen LogP contribution is 2.44. The third kappa shape index (κ3) is 2.69. The van der Waals surface area contributed by atoms with Gasteiger partial charge in [0.05, 0.1) is 22.7 Å². The van der Waals surface area contributed by atoms with Crippen LogP contribution >= 0.6 is 0 Å². The van der Waals surface area contributed by atoms with E-state index in [0.717, 1.165) is 22.2 Å². The maximum absolute atomic E-state index is 12.8. The molecular weight excluding hydrogens is 350 g/mol. The molecule has 0 saturated heterocycles. The lowest BCUT2D eigenvalue weighted by Gasteiger charge is -2.24. The predicted octanol–water partition coefficient (Wildman–Crippen LogP) is 3.38. The Bertz CT molecular complexity index is 1110. The van der Waals surface area contributed by atoms with Gasteiger partial charge in [-0.1, -0.05) is 6.07 Å². The minimum atomic E-state index is -3.64. The summed E-state index contributed by atoms with van der Waals surface area (Å²) in [6.45, 7) is 3.22. The van der Waals surface area contributed by atoms with Crippen molar-refractivity contribution in [2.75, 3.05) is 30.3 Å². The first-order valence-corrected chi connectivity index (χ1v) is 9.78. The molecule has 134 valence electrons. The molecule has 2 heterocycles. The minimum absolute atomic E-state index is 0.275. The van der Waals surface area contributed by atoms with Crippen LogP contribution in [-0.2, 0) is 14.8 Å². The molecular formula is C19H19N3O3S. The third-order valence-corrected chi connectivity index (χ3v) is 5.94. The van der Waals surface area contributed by atoms with Gasteiger partial charge in [-0.3, -0.25) is 9.71 Å². The number of methoxy groups -OCH3 is 1. The van der Waals surface area contributed by atoms with E-state index in [1.807, 2.05) is 31.2 Å². The van der Waals surface area contributed by atoms with Gasteiger partial charge >= 0.3 is 0 Å². The van der Waals surface area contributed by atoms with E-state index >= 15 is 0 Å². The minimum Gasteiger partial charge on any atom is -0.383 e. The molecule has 0 aliphatic carbocycles. The van der Waals surface area contributed by atoms with Gasteiger partial charge in [0, 0.05) is 42.1 Å². The van der Waals surface area contributed by atoms with Gasteiger partial charge in [0.15, 0.2) is 0 Å². The van der Waals surface area contributed by atoms with E-state index in [-0.39, 0.29) is 4.90 Å². The molecule has 1 aliphatic heterocycles. The monoisotopic (exact) mass is 369 g/mol. The molecule has 1 aromatic heterocycles. The topological polar surface area (TPSA) is 80.3 Å². The predicted molar refractivity (Wildman–Crippen MR) is 103 cm³/mol. The number of hydrogen-bond acceptors (Lipinski definition) is 5. The second kappa shape index (κ2) is 6.26. The van der Waals surface area contributed by atoms with Crippen LogP contribution in [0.25, 0.3) is 22.0 Å². The van der Waals surface area contributed by atoms with E-state index in [1.165, 1.54) is 0 Å². The number of aromatic nitrogens is 1. The van der Waals surface area contributed by atoms with E-state index in [4.69, 9.17) is 4.74 Å². The van der Waals surface area contributed by atoms with Crippen molar-refractivity contribution in [1.29, 1.82) is 0 Å². The van der Waals surface area contributed by atoms with Crippen molar-refractivity contribution in [3.63, 3.8) is 0 Å². The van der Waals surface area contributed by atoms with Gasteiger partial charge < -0.3 is 10.1 Å². The number of nitrogens with one attached hydrogen (secondary N) is 2. The zero-order chi connectivity index (χ0) is 18.3. The fourth-order valence-corrected chi connectivity index (χ4v) is 4.59. The van der Waals surface area contributed by atoms with E-state index in [9.17, 15) is 8.42 Å². The molecule has 4 rings (SSSR count). The highest BCUT2D eigenvalue weighted by Gasteiger charge is 2.29. The first-order valence-electron chi connectivity index (χ1n) is 8.29. The van der Waals surface area contributed by atoms with Gasteiger partial charge in [0.2, 0.25) is 0 Å². The summed E-state index contributed by atoms with van der Waals surface area (Å²) in [7, 11) is -2.00. The fraction of sp³-hybridized carbons (Fsp3) is 0.211. The summed E-state index contributed by atoms with van der Waals surface area (Å²) in [6, 6.07) is 11.1. The van der Waals surface area contributed by atoms with Crippen LogP contribution in [0.5, 0.6) is 0 Å². The number of fused-ring (bicyclic) bond motifs is 5. The largest absolute Gasteiger partial charge is 0.383 e. The molecule has 2 N–H and O–H groups in total. The standard InChI is InChI=1S/C19H19N3O3S/c1-12-10-16-15-11-13(20-8-9-25-2)5-6-17(15)26(23,24)22-19(16)18-14(12)4-3-7-21-18/h3-7,10-11,20,22H,8-9H2,1-2H3. The number of benzene rings is 2. The second-order valence-electron chi connectivity index (χ2n) is 6.25. The molecule has 6 nitrogen and oxygen atoms in total. The van der Waals surface area contributed by atoms with Crippen LogP contribution in [0.2, 0.25) is 0 Å². The molecule has 0 fully saturated rings. The van der Waals surface area contributed by atoms with Gasteiger partial charge in [0.1, 0.15) is 0 Å². The summed E-state index contributed by atoms with van der Waals surface area (Å²) in [4.78, 5) is 4.69. The van der Waals surface area contributed by atoms with Crippen LogP contribution in [0.15, 0.2) is 47.5 Å². The average Bonchev–Trinajstić information content (AvgIpc) is 2.63. The molecule has 0 atom stereocenters. The molecule has 0 saturated carbocycles. The molecule has 0 spiro atoms. The maximum Gasteiger partial charge on any atom is 0.262 e. The number of anilines is 2. The Kier molecular flexibility index (Phi) is 4.05. The normalized spacial score (nSPS) is 14.4. The van der Waals surface area contributed by atoms with Crippen LogP contribution in [0.1, 0.15) is 5.56 Å². The van der Waals surface area contributed by atoms with Gasteiger partial charge in [-0.05, 0) is 42.8 Å². The molecule has 0 radical (unpaired) electrons. The van der Waals surface area contributed by atoms with Crippen LogP contribution in [0, 0.1) is 6.92 Å². The highest BCUT2D eigenvalue weighted by atomic mass is 32.2. The van der Waals surface area contributed by atoms with E-state index in [1.54, 1.807) is 25.4 Å². The number of sulfonamides is 1. The molecule has 7 heteroatoms.